The summed E-state index contributed by atoms with van der Waals surface area (Å²) < 4.78 is 54.8. The molecule has 0 bridgehead atoms. The monoisotopic (exact) mass is 397 g/mol. The quantitative estimate of drug-likeness (QED) is 0.613. The Balaban J connectivity index is 2.07. The summed E-state index contributed by atoms with van der Waals surface area (Å²) in [7, 11) is 0. The number of halogens is 4. The maximum absolute atomic E-state index is 12.9. The number of hydrogen-bond acceptors (Lipinski definition) is 2. The summed E-state index contributed by atoms with van der Waals surface area (Å²) in [6.45, 7) is 4.41. The van der Waals surface area contributed by atoms with Crippen LogP contribution < -0.4 is 5.32 Å². The van der Waals surface area contributed by atoms with Gasteiger partial charge >= 0.3 is 12.3 Å². The molecule has 1 amide bonds. The fourth-order valence-electron chi connectivity index (χ4n) is 2.61. The maximum Gasteiger partial charge on any atom is 0.330 e. The number of para-hydroxylation sites is 1. The zero-order chi connectivity index (χ0) is 20.9. The van der Waals surface area contributed by atoms with Crippen LogP contribution >= 0.6 is 0 Å². The average Bonchev–Trinajstić information content (AvgIpc) is 2.61. The van der Waals surface area contributed by atoms with Crippen LogP contribution in [0.4, 0.5) is 23.2 Å². The zero-order valence-corrected chi connectivity index (χ0v) is 15.9. The first kappa shape index (κ1) is 21.9. The van der Waals surface area contributed by atoms with Crippen molar-refractivity contribution in [3.63, 3.8) is 0 Å². The van der Waals surface area contributed by atoms with Crippen molar-refractivity contribution >= 4 is 11.6 Å². The third-order valence-electron chi connectivity index (χ3n) is 4.05. The average molecular weight is 397 g/mol. The molecule has 2 aromatic rings. The fraction of sp³-hybridized carbons (Fsp3) is 0.381. The molecule has 28 heavy (non-hydrogen) atoms. The van der Waals surface area contributed by atoms with Gasteiger partial charge in [-0.25, -0.2) is 8.78 Å². The molecule has 152 valence electrons. The van der Waals surface area contributed by atoms with E-state index in [2.05, 4.69) is 5.32 Å². The lowest BCUT2D eigenvalue weighted by molar-refractivity contribution is -0.168. The number of alkyl halides is 4. The number of anilines is 1. The number of amides is 1. The molecule has 0 aromatic heterocycles. The number of ether oxygens (including phenoxy) is 1. The van der Waals surface area contributed by atoms with Crippen molar-refractivity contribution in [3.05, 3.63) is 65.2 Å². The highest BCUT2D eigenvalue weighted by Crippen LogP contribution is 2.29. The van der Waals surface area contributed by atoms with Gasteiger partial charge in [0.2, 0.25) is 0 Å². The molecule has 0 saturated carbocycles. The van der Waals surface area contributed by atoms with E-state index in [4.69, 9.17) is 4.74 Å². The predicted octanol–water partition coefficient (Wildman–Crippen LogP) is 5.65. The second-order valence-corrected chi connectivity index (χ2v) is 7.50. The van der Waals surface area contributed by atoms with E-state index in [1.807, 2.05) is 39.0 Å². The van der Waals surface area contributed by atoms with Crippen molar-refractivity contribution in [2.45, 2.75) is 45.1 Å². The zero-order valence-electron chi connectivity index (χ0n) is 15.9. The Morgan fingerprint density at radius 3 is 2.39 bits per heavy atom. The van der Waals surface area contributed by atoms with Crippen LogP contribution in [-0.4, -0.2) is 24.9 Å². The standard InChI is InChI=1S/C21H23F4NO2/c1-20(2,3)16-9-4-5-10-17(16)26-18(27)15-8-6-7-14(11-15)12-28-13-21(24,25)19(22)23/h4-11,19H,12-13H2,1-3H3,(H,26,27). The second-order valence-electron chi connectivity index (χ2n) is 7.50. The Labute approximate surface area is 161 Å². The molecule has 0 spiro atoms. The predicted molar refractivity (Wildman–Crippen MR) is 100 cm³/mol. The Morgan fingerprint density at radius 1 is 1.07 bits per heavy atom. The molecule has 0 unspecified atom stereocenters. The molecule has 0 atom stereocenters. The van der Waals surface area contributed by atoms with E-state index in [0.29, 0.717) is 16.8 Å². The fourth-order valence-corrected chi connectivity index (χ4v) is 2.61. The lowest BCUT2D eigenvalue weighted by Crippen LogP contribution is -2.32. The maximum atomic E-state index is 12.9. The van der Waals surface area contributed by atoms with Gasteiger partial charge in [0, 0.05) is 11.3 Å². The third kappa shape index (κ3) is 5.79. The molecular weight excluding hydrogens is 374 g/mol. The smallest absolute Gasteiger partial charge is 0.330 e. The van der Waals surface area contributed by atoms with Crippen LogP contribution in [0, 0.1) is 0 Å². The van der Waals surface area contributed by atoms with E-state index in [1.54, 1.807) is 24.3 Å². The van der Waals surface area contributed by atoms with E-state index in [9.17, 15) is 22.4 Å². The van der Waals surface area contributed by atoms with Crippen molar-refractivity contribution < 1.29 is 27.1 Å². The molecule has 0 saturated heterocycles. The van der Waals surface area contributed by atoms with Gasteiger partial charge < -0.3 is 10.1 Å². The molecule has 2 aromatic carbocycles. The largest absolute Gasteiger partial charge is 0.370 e. The van der Waals surface area contributed by atoms with Gasteiger partial charge in [0.15, 0.2) is 0 Å². The number of nitrogens with one attached hydrogen (secondary N) is 1. The first-order valence-corrected chi connectivity index (χ1v) is 8.74. The van der Waals surface area contributed by atoms with Crippen LogP contribution in [0.15, 0.2) is 48.5 Å². The Morgan fingerprint density at radius 2 is 1.75 bits per heavy atom. The molecule has 1 N–H and O–H groups in total. The number of rotatable bonds is 7. The van der Waals surface area contributed by atoms with Gasteiger partial charge in [-0.15, -0.1) is 0 Å². The Bertz CT molecular complexity index is 816. The number of carbonyl (C=O) groups excluding carboxylic acids is 1. The summed E-state index contributed by atoms with van der Waals surface area (Å²) in [6, 6.07) is 13.7. The van der Waals surface area contributed by atoms with Crippen LogP contribution in [0.1, 0.15) is 42.3 Å². The van der Waals surface area contributed by atoms with Crippen molar-refractivity contribution in [2.24, 2.45) is 0 Å². The lowest BCUT2D eigenvalue weighted by atomic mass is 9.86. The van der Waals surface area contributed by atoms with Crippen molar-refractivity contribution in [3.8, 4) is 0 Å². The third-order valence-corrected chi connectivity index (χ3v) is 4.05. The SMILES string of the molecule is CC(C)(C)c1ccccc1NC(=O)c1cccc(COCC(F)(F)C(F)F)c1. The second kappa shape index (κ2) is 8.73. The molecule has 2 rings (SSSR count). The minimum atomic E-state index is -4.20. The van der Waals surface area contributed by atoms with Gasteiger partial charge in [-0.1, -0.05) is 51.1 Å². The highest BCUT2D eigenvalue weighted by Gasteiger charge is 2.40. The first-order chi connectivity index (χ1) is 13.0. The van der Waals surface area contributed by atoms with Crippen molar-refractivity contribution in [2.75, 3.05) is 11.9 Å². The minimum absolute atomic E-state index is 0.171. The van der Waals surface area contributed by atoms with Gasteiger partial charge in [-0.05, 0) is 34.7 Å². The van der Waals surface area contributed by atoms with Crippen LogP contribution in [0.25, 0.3) is 0 Å². The van der Waals surface area contributed by atoms with Crippen LogP contribution in [0.5, 0.6) is 0 Å². The van der Waals surface area contributed by atoms with Gasteiger partial charge in [0.05, 0.1) is 6.61 Å². The molecule has 7 heteroatoms. The molecule has 0 radical (unpaired) electrons. The van der Waals surface area contributed by atoms with Crippen LogP contribution in [0.3, 0.4) is 0 Å². The summed E-state index contributed by atoms with van der Waals surface area (Å²) in [5.41, 5.74) is 2.22. The molecule has 0 heterocycles. The summed E-state index contributed by atoms with van der Waals surface area (Å²) in [5, 5.41) is 2.86. The molecule has 0 aliphatic heterocycles. The van der Waals surface area contributed by atoms with Gasteiger partial charge in [0.1, 0.15) is 6.61 Å². The van der Waals surface area contributed by atoms with Gasteiger partial charge in [-0.2, -0.15) is 8.78 Å². The summed E-state index contributed by atoms with van der Waals surface area (Å²) >= 11 is 0. The Hall–Kier alpha value is -2.41. The molecule has 0 aliphatic rings. The van der Waals surface area contributed by atoms with Crippen molar-refractivity contribution in [1.82, 2.24) is 0 Å². The normalized spacial score (nSPS) is 12.3. The van der Waals surface area contributed by atoms with E-state index in [1.165, 1.54) is 6.07 Å². The molecular formula is C21H23F4NO2. The number of benzene rings is 2. The highest BCUT2D eigenvalue weighted by atomic mass is 19.3. The summed E-state index contributed by atoms with van der Waals surface area (Å²) in [5.74, 6) is -4.57. The van der Waals surface area contributed by atoms with E-state index >= 15 is 0 Å². The topological polar surface area (TPSA) is 38.3 Å². The van der Waals surface area contributed by atoms with Crippen molar-refractivity contribution in [1.29, 1.82) is 0 Å². The first-order valence-electron chi connectivity index (χ1n) is 8.74. The number of carbonyl (C=O) groups is 1. The number of hydrogen-bond donors (Lipinski definition) is 1. The summed E-state index contributed by atoms with van der Waals surface area (Å²) in [6.07, 6.45) is -3.78. The van der Waals surface area contributed by atoms with E-state index in [-0.39, 0.29) is 17.9 Å². The van der Waals surface area contributed by atoms with Crippen LogP contribution in [0.2, 0.25) is 0 Å². The summed E-state index contributed by atoms with van der Waals surface area (Å²) in [4.78, 5) is 12.6. The highest BCUT2D eigenvalue weighted by molar-refractivity contribution is 6.04. The van der Waals surface area contributed by atoms with E-state index < -0.39 is 19.0 Å². The van der Waals surface area contributed by atoms with Crippen LogP contribution in [-0.2, 0) is 16.8 Å². The molecule has 0 aliphatic carbocycles. The van der Waals surface area contributed by atoms with E-state index in [0.717, 1.165) is 5.56 Å². The van der Waals surface area contributed by atoms with Gasteiger partial charge in [0.25, 0.3) is 5.91 Å². The molecule has 3 nitrogen and oxygen atoms in total. The minimum Gasteiger partial charge on any atom is -0.370 e. The lowest BCUT2D eigenvalue weighted by Gasteiger charge is -2.23. The molecule has 0 fully saturated rings. The Kier molecular flexibility index (Phi) is 6.82. The van der Waals surface area contributed by atoms with Gasteiger partial charge in [-0.3, -0.25) is 4.79 Å².